The highest BCUT2D eigenvalue weighted by molar-refractivity contribution is 6.26. The van der Waals surface area contributed by atoms with Crippen LogP contribution in [0, 0.1) is 6.92 Å². The van der Waals surface area contributed by atoms with E-state index in [9.17, 15) is 0 Å². The van der Waals surface area contributed by atoms with Crippen LogP contribution >= 0.6 is 0 Å². The van der Waals surface area contributed by atoms with Gasteiger partial charge in [0.15, 0.2) is 35.3 Å². The number of fused-ring (bicyclic) bond motifs is 17. The Hall–Kier alpha value is -5.63. The van der Waals surface area contributed by atoms with Gasteiger partial charge in [0.2, 0.25) is 0 Å². The maximum absolute atomic E-state index is 5.08. The van der Waals surface area contributed by atoms with E-state index >= 15 is 0 Å². The molecule has 5 heterocycles. The number of nitrogens with one attached hydrogen (secondary N) is 1. The van der Waals surface area contributed by atoms with Gasteiger partial charge < -0.3 is 4.98 Å². The van der Waals surface area contributed by atoms with E-state index in [0.29, 0.717) is 40.2 Å². The first-order valence-electron chi connectivity index (χ1n) is 13.5. The SMILES string of the molecule is Cc1ccc2c(c1)C1N=C3N=C(N=c4[nH]c(c5ccccc45)=NC4=NC(=NC2=N1)c1ccccc14)c1ccccc13. The first-order chi connectivity index (χ1) is 20.2. The van der Waals surface area contributed by atoms with Gasteiger partial charge in [-0.15, -0.1) is 0 Å². The summed E-state index contributed by atoms with van der Waals surface area (Å²) in [5.41, 5.74) is 8.14. The molecule has 8 nitrogen and oxygen atoms in total. The van der Waals surface area contributed by atoms with Crippen LogP contribution in [0.3, 0.4) is 0 Å². The Bertz CT molecular complexity index is 2280. The molecule has 8 bridgehead atoms. The molecule has 4 aliphatic rings. The zero-order chi connectivity index (χ0) is 27.1. The maximum atomic E-state index is 5.08. The molecule has 0 saturated carbocycles. The number of benzene rings is 4. The smallest absolute Gasteiger partial charge is 0.170 e. The fourth-order valence-corrected chi connectivity index (χ4v) is 5.83. The van der Waals surface area contributed by atoms with Crippen molar-refractivity contribution < 1.29 is 0 Å². The number of hydrogen-bond donors (Lipinski definition) is 1. The summed E-state index contributed by atoms with van der Waals surface area (Å²) in [6.07, 6.45) is -0.481. The number of aliphatic imine (C=N–C) groups is 5. The second-order valence-corrected chi connectivity index (χ2v) is 10.4. The highest BCUT2D eigenvalue weighted by Crippen LogP contribution is 2.34. The minimum absolute atomic E-state index is 0.481. The summed E-state index contributed by atoms with van der Waals surface area (Å²) >= 11 is 0. The third-order valence-electron chi connectivity index (χ3n) is 7.78. The summed E-state index contributed by atoms with van der Waals surface area (Å²) in [5.74, 6) is 2.98. The quantitative estimate of drug-likeness (QED) is 0.304. The predicted octanol–water partition coefficient (Wildman–Crippen LogP) is 4.60. The standard InChI is InChI=1S/C33H20N8/c1-17-14-15-24-25(16-17)33-40-31-23-13-7-6-12-22(23)29(38-31)36-27-19-9-3-2-8-18(19)26(34-27)35-28-20-10-4-5-11-21(20)30(37-28)39-32(24)41-33/h2-16,33H,1H3,(H,34,35,36,37,38,39,40,41). The zero-order valence-electron chi connectivity index (χ0n) is 21.9. The van der Waals surface area contributed by atoms with Crippen LogP contribution in [0.5, 0.6) is 0 Å². The largest absolute Gasteiger partial charge is 0.324 e. The van der Waals surface area contributed by atoms with Crippen LogP contribution < -0.4 is 11.0 Å². The average Bonchev–Trinajstić information content (AvgIpc) is 3.72. The molecular formula is C33H20N8. The van der Waals surface area contributed by atoms with Crippen molar-refractivity contribution in [1.29, 1.82) is 0 Å². The fraction of sp³-hybridized carbons (Fsp3) is 0.0606. The molecule has 1 unspecified atom stereocenters. The molecule has 0 radical (unpaired) electrons. The van der Waals surface area contributed by atoms with Gasteiger partial charge in [-0.05, 0) is 6.92 Å². The lowest BCUT2D eigenvalue weighted by Gasteiger charge is -2.06. The Labute approximate surface area is 233 Å². The number of H-pyrrole nitrogens is 1. The average molecular weight is 529 g/mol. The van der Waals surface area contributed by atoms with Crippen molar-refractivity contribution in [2.45, 2.75) is 13.1 Å². The maximum Gasteiger partial charge on any atom is 0.170 e. The Kier molecular flexibility index (Phi) is 4.44. The molecule has 4 aromatic carbocycles. The highest BCUT2D eigenvalue weighted by Gasteiger charge is 2.30. The van der Waals surface area contributed by atoms with Gasteiger partial charge in [-0.3, -0.25) is 0 Å². The van der Waals surface area contributed by atoms with E-state index in [1.54, 1.807) is 0 Å². The van der Waals surface area contributed by atoms with E-state index in [-0.39, 0.29) is 0 Å². The van der Waals surface area contributed by atoms with Crippen molar-refractivity contribution >= 4 is 40.0 Å². The lowest BCUT2D eigenvalue weighted by atomic mass is 10.0. The number of rotatable bonds is 0. The molecule has 9 rings (SSSR count). The summed E-state index contributed by atoms with van der Waals surface area (Å²) in [4.78, 5) is 38.4. The summed E-state index contributed by atoms with van der Waals surface area (Å²) in [5, 5.41) is 1.91. The van der Waals surface area contributed by atoms with Gasteiger partial charge in [-0.25, -0.2) is 34.9 Å². The number of aromatic amines is 1. The van der Waals surface area contributed by atoms with Crippen LogP contribution in [-0.4, -0.2) is 34.2 Å². The van der Waals surface area contributed by atoms with Crippen molar-refractivity contribution in [2.75, 3.05) is 0 Å². The van der Waals surface area contributed by atoms with Crippen LogP contribution in [0.25, 0.3) is 10.8 Å². The van der Waals surface area contributed by atoms with Gasteiger partial charge in [0, 0.05) is 44.2 Å². The molecule has 0 amide bonds. The molecule has 5 aromatic rings. The van der Waals surface area contributed by atoms with Gasteiger partial charge in [0.1, 0.15) is 11.0 Å². The molecular weight excluding hydrogens is 508 g/mol. The summed E-state index contributed by atoms with van der Waals surface area (Å²) < 4.78 is 0. The van der Waals surface area contributed by atoms with Gasteiger partial charge in [-0.2, -0.15) is 0 Å². The Balaban J connectivity index is 1.40. The van der Waals surface area contributed by atoms with Crippen molar-refractivity contribution in [3.63, 3.8) is 0 Å². The van der Waals surface area contributed by atoms with Crippen molar-refractivity contribution in [3.05, 3.63) is 141 Å². The molecule has 192 valence electrons. The molecule has 1 atom stereocenters. The highest BCUT2D eigenvalue weighted by atomic mass is 15.2. The first-order valence-corrected chi connectivity index (χ1v) is 13.5. The predicted molar refractivity (Wildman–Crippen MR) is 160 cm³/mol. The number of aromatic nitrogens is 1. The van der Waals surface area contributed by atoms with Crippen LogP contribution in [0.4, 0.5) is 0 Å². The molecule has 1 aromatic heterocycles. The van der Waals surface area contributed by atoms with E-state index in [4.69, 9.17) is 34.9 Å². The second kappa shape index (κ2) is 8.19. The first kappa shape index (κ1) is 22.2. The van der Waals surface area contributed by atoms with E-state index in [0.717, 1.165) is 49.7 Å². The second-order valence-electron chi connectivity index (χ2n) is 10.4. The molecule has 4 aliphatic heterocycles. The van der Waals surface area contributed by atoms with Crippen molar-refractivity contribution in [2.24, 2.45) is 34.9 Å². The zero-order valence-corrected chi connectivity index (χ0v) is 21.9. The number of hydrogen-bond acceptors (Lipinski definition) is 7. The Morgan fingerprint density at radius 1 is 0.488 bits per heavy atom. The van der Waals surface area contributed by atoms with Crippen molar-refractivity contribution in [3.8, 4) is 0 Å². The number of amidine groups is 5. The number of nitrogens with zero attached hydrogens (tertiary/aromatic N) is 7. The molecule has 41 heavy (non-hydrogen) atoms. The Morgan fingerprint density at radius 3 is 1.54 bits per heavy atom. The minimum Gasteiger partial charge on any atom is -0.324 e. The monoisotopic (exact) mass is 528 g/mol. The lowest BCUT2D eigenvalue weighted by Crippen LogP contribution is -2.15. The molecule has 0 spiro atoms. The molecule has 0 saturated heterocycles. The third-order valence-corrected chi connectivity index (χ3v) is 7.78. The lowest BCUT2D eigenvalue weighted by molar-refractivity contribution is 0.795. The minimum atomic E-state index is -0.481. The van der Waals surface area contributed by atoms with Gasteiger partial charge in [-0.1, -0.05) is 96.6 Å². The summed E-state index contributed by atoms with van der Waals surface area (Å²) in [6, 6.07) is 30.4. The van der Waals surface area contributed by atoms with E-state index < -0.39 is 6.17 Å². The molecule has 1 N–H and O–H groups in total. The van der Waals surface area contributed by atoms with Crippen LogP contribution in [-0.2, 0) is 0 Å². The Morgan fingerprint density at radius 2 is 0.951 bits per heavy atom. The van der Waals surface area contributed by atoms with Crippen LogP contribution in [0.2, 0.25) is 0 Å². The van der Waals surface area contributed by atoms with E-state index in [2.05, 4.69) is 30.1 Å². The van der Waals surface area contributed by atoms with Gasteiger partial charge >= 0.3 is 0 Å². The van der Waals surface area contributed by atoms with E-state index in [1.807, 2.05) is 72.8 Å². The third kappa shape index (κ3) is 3.31. The molecule has 8 heteroatoms. The van der Waals surface area contributed by atoms with Crippen LogP contribution in [0.15, 0.2) is 126 Å². The van der Waals surface area contributed by atoms with Crippen molar-refractivity contribution in [1.82, 2.24) is 4.98 Å². The molecule has 0 aliphatic carbocycles. The van der Waals surface area contributed by atoms with Gasteiger partial charge in [0.25, 0.3) is 0 Å². The fourth-order valence-electron chi connectivity index (χ4n) is 5.83. The van der Waals surface area contributed by atoms with Gasteiger partial charge in [0.05, 0.1) is 0 Å². The molecule has 0 fully saturated rings. The summed E-state index contributed by atoms with van der Waals surface area (Å²) in [7, 11) is 0. The number of aryl methyl sites for hydroxylation is 1. The normalized spacial score (nSPS) is 17.8. The van der Waals surface area contributed by atoms with Crippen LogP contribution in [0.1, 0.15) is 45.1 Å². The topological polar surface area (TPSA) is 102 Å². The van der Waals surface area contributed by atoms with E-state index in [1.165, 1.54) is 0 Å². The summed E-state index contributed by atoms with van der Waals surface area (Å²) in [6.45, 7) is 2.07.